The largest absolute Gasteiger partial charge is 0.377 e. The van der Waals surface area contributed by atoms with E-state index in [4.69, 9.17) is 4.74 Å². The van der Waals surface area contributed by atoms with E-state index >= 15 is 0 Å². The van der Waals surface area contributed by atoms with Crippen LogP contribution in [-0.4, -0.2) is 28.7 Å². The van der Waals surface area contributed by atoms with Gasteiger partial charge in [0.25, 0.3) is 0 Å². The molecule has 2 aromatic carbocycles. The Hall–Kier alpha value is -2.19. The van der Waals surface area contributed by atoms with Crippen LogP contribution in [0.2, 0.25) is 0 Å². The number of rotatable bonds is 5. The van der Waals surface area contributed by atoms with Gasteiger partial charge in [0.2, 0.25) is 0 Å². The highest BCUT2D eigenvalue weighted by Gasteiger charge is 2.33. The molecule has 0 aliphatic carbocycles. The first kappa shape index (κ1) is 16.9. The molecule has 136 valence electrons. The highest BCUT2D eigenvalue weighted by Crippen LogP contribution is 2.31. The van der Waals surface area contributed by atoms with Crippen LogP contribution in [0, 0.1) is 0 Å². The molecule has 2 N–H and O–H groups in total. The van der Waals surface area contributed by atoms with Crippen LogP contribution in [0.1, 0.15) is 6.92 Å². The van der Waals surface area contributed by atoms with Crippen molar-refractivity contribution in [2.45, 2.75) is 17.4 Å². The number of nitrogens with one attached hydrogen (secondary N) is 2. The second kappa shape index (κ2) is 6.76. The first-order chi connectivity index (χ1) is 13.2. The summed E-state index contributed by atoms with van der Waals surface area (Å²) in [5.74, 6) is 0. The molecule has 5 rings (SSSR count). The van der Waals surface area contributed by atoms with E-state index in [9.17, 15) is 0 Å². The Balaban J connectivity index is 1.44. The average Bonchev–Trinajstić information content (AvgIpc) is 3.13. The first-order valence-corrected chi connectivity index (χ1v) is 10.4. The molecule has 1 aliphatic rings. The topological polar surface area (TPSA) is 59.1 Å². The number of anilines is 2. The minimum atomic E-state index is 0.0542. The molecule has 7 heteroatoms. The number of hydrogen-bond donors (Lipinski definition) is 2. The van der Waals surface area contributed by atoms with E-state index in [2.05, 4.69) is 63.3 Å². The maximum absolute atomic E-state index is 5.31. The number of aromatic nitrogens is 2. The van der Waals surface area contributed by atoms with Crippen molar-refractivity contribution in [3.8, 4) is 0 Å². The molecule has 0 radical (unpaired) electrons. The highest BCUT2D eigenvalue weighted by molar-refractivity contribution is 7.97. The zero-order valence-corrected chi connectivity index (χ0v) is 16.4. The third-order valence-electron chi connectivity index (χ3n) is 4.58. The van der Waals surface area contributed by atoms with Crippen LogP contribution in [0.25, 0.3) is 21.1 Å². The predicted molar refractivity (Wildman–Crippen MR) is 113 cm³/mol. The molecule has 5 nitrogen and oxygen atoms in total. The summed E-state index contributed by atoms with van der Waals surface area (Å²) < 4.78 is 10.0. The normalized spacial score (nSPS) is 15.7. The molecule has 0 amide bonds. The van der Waals surface area contributed by atoms with Crippen LogP contribution in [-0.2, 0) is 4.74 Å². The fourth-order valence-electron chi connectivity index (χ4n) is 3.04. The van der Waals surface area contributed by atoms with Crippen LogP contribution in [0.3, 0.4) is 0 Å². The minimum Gasteiger partial charge on any atom is -0.377 e. The fourth-order valence-corrected chi connectivity index (χ4v) is 4.49. The average molecular weight is 395 g/mol. The van der Waals surface area contributed by atoms with Crippen LogP contribution < -0.4 is 10.0 Å². The molecule has 0 bridgehead atoms. The third-order valence-corrected chi connectivity index (χ3v) is 6.47. The third kappa shape index (κ3) is 3.39. The van der Waals surface area contributed by atoms with E-state index in [-0.39, 0.29) is 5.54 Å². The predicted octanol–water partition coefficient (Wildman–Crippen LogP) is 4.97. The van der Waals surface area contributed by atoms with E-state index in [0.717, 1.165) is 45.9 Å². The fraction of sp³-hybridized carbons (Fsp3) is 0.200. The van der Waals surface area contributed by atoms with Crippen LogP contribution in [0.4, 0.5) is 11.4 Å². The molecule has 2 aromatic heterocycles. The van der Waals surface area contributed by atoms with Gasteiger partial charge in [0.05, 0.1) is 40.0 Å². The maximum atomic E-state index is 5.31. The molecule has 0 saturated carbocycles. The van der Waals surface area contributed by atoms with Gasteiger partial charge < -0.3 is 10.1 Å². The molecule has 0 atom stereocenters. The van der Waals surface area contributed by atoms with Gasteiger partial charge in [-0.3, -0.25) is 4.98 Å². The quantitative estimate of drug-likeness (QED) is 0.466. The standard InChI is InChI=1S/C20H18N4OS2/c1-20(10-25-11-20)24-27-14-3-4-16-15(9-14)17(6-7-21-16)23-13-2-5-19-18(8-13)22-12-26-19/h2-9,12,24H,10-11H2,1H3,(H,21,23). The molecular formula is C20H18N4OS2. The van der Waals surface area contributed by atoms with Gasteiger partial charge >= 0.3 is 0 Å². The number of pyridine rings is 1. The molecule has 27 heavy (non-hydrogen) atoms. The van der Waals surface area contributed by atoms with Crippen LogP contribution in [0.5, 0.6) is 0 Å². The minimum absolute atomic E-state index is 0.0542. The lowest BCUT2D eigenvalue weighted by molar-refractivity contribution is -0.0510. The number of nitrogens with zero attached hydrogens (tertiary/aromatic N) is 2. The molecule has 1 aliphatic heterocycles. The summed E-state index contributed by atoms with van der Waals surface area (Å²) in [5.41, 5.74) is 5.97. The Kier molecular flexibility index (Phi) is 4.24. The molecule has 0 unspecified atom stereocenters. The number of thiazole rings is 1. The SMILES string of the molecule is CC1(NSc2ccc3nccc(Nc4ccc5scnc5c4)c3c2)COC1. The first-order valence-electron chi connectivity index (χ1n) is 8.69. The molecular weight excluding hydrogens is 376 g/mol. The van der Waals surface area contributed by atoms with Gasteiger partial charge in [0, 0.05) is 27.9 Å². The van der Waals surface area contributed by atoms with Gasteiger partial charge in [0.1, 0.15) is 0 Å². The van der Waals surface area contributed by atoms with Crippen molar-refractivity contribution in [2.24, 2.45) is 0 Å². The summed E-state index contributed by atoms with van der Waals surface area (Å²) >= 11 is 3.30. The molecule has 4 aromatic rings. The van der Waals surface area contributed by atoms with Crippen molar-refractivity contribution >= 4 is 55.8 Å². The van der Waals surface area contributed by atoms with Crippen molar-refractivity contribution in [3.05, 3.63) is 54.2 Å². The molecule has 3 heterocycles. The van der Waals surface area contributed by atoms with Gasteiger partial charge in [0.15, 0.2) is 0 Å². The van der Waals surface area contributed by atoms with E-state index in [0.29, 0.717) is 0 Å². The van der Waals surface area contributed by atoms with Crippen molar-refractivity contribution in [3.63, 3.8) is 0 Å². The summed E-state index contributed by atoms with van der Waals surface area (Å²) in [4.78, 5) is 10.1. The smallest absolute Gasteiger partial charge is 0.0832 e. The number of hydrogen-bond acceptors (Lipinski definition) is 7. The monoisotopic (exact) mass is 394 g/mol. The Morgan fingerprint density at radius 3 is 2.85 bits per heavy atom. The van der Waals surface area contributed by atoms with E-state index in [1.807, 2.05) is 17.8 Å². The Morgan fingerprint density at radius 2 is 2.00 bits per heavy atom. The Bertz CT molecular complexity index is 1120. The molecule has 1 fully saturated rings. The number of ether oxygens (including phenoxy) is 1. The lowest BCUT2D eigenvalue weighted by Crippen LogP contribution is -2.55. The van der Waals surface area contributed by atoms with E-state index < -0.39 is 0 Å². The van der Waals surface area contributed by atoms with Crippen LogP contribution >= 0.6 is 23.3 Å². The van der Waals surface area contributed by atoms with Crippen molar-refractivity contribution < 1.29 is 4.74 Å². The lowest BCUT2D eigenvalue weighted by atomic mass is 10.0. The Labute approximate surface area is 165 Å². The summed E-state index contributed by atoms with van der Waals surface area (Å²) in [5, 5.41) is 4.62. The zero-order chi connectivity index (χ0) is 18.3. The van der Waals surface area contributed by atoms with Gasteiger partial charge in [-0.15, -0.1) is 11.3 Å². The Morgan fingerprint density at radius 1 is 1.07 bits per heavy atom. The maximum Gasteiger partial charge on any atom is 0.0832 e. The van der Waals surface area contributed by atoms with Gasteiger partial charge in [-0.1, -0.05) is 0 Å². The van der Waals surface area contributed by atoms with Gasteiger partial charge in [-0.2, -0.15) is 0 Å². The van der Waals surface area contributed by atoms with E-state index in [1.54, 1.807) is 23.3 Å². The van der Waals surface area contributed by atoms with Crippen molar-refractivity contribution in [1.82, 2.24) is 14.7 Å². The summed E-state index contributed by atoms with van der Waals surface area (Å²) in [6.45, 7) is 3.68. The van der Waals surface area contributed by atoms with Crippen molar-refractivity contribution in [1.29, 1.82) is 0 Å². The summed E-state index contributed by atoms with van der Waals surface area (Å²) in [7, 11) is 0. The molecule has 0 spiro atoms. The highest BCUT2D eigenvalue weighted by atomic mass is 32.2. The summed E-state index contributed by atoms with van der Waals surface area (Å²) in [6.07, 6.45) is 1.84. The molecule has 1 saturated heterocycles. The van der Waals surface area contributed by atoms with Gasteiger partial charge in [-0.25, -0.2) is 9.71 Å². The second-order valence-electron chi connectivity index (χ2n) is 6.95. The summed E-state index contributed by atoms with van der Waals surface area (Å²) in [6, 6.07) is 14.6. The number of fused-ring (bicyclic) bond motifs is 2. The second-order valence-corrected chi connectivity index (χ2v) is 8.72. The van der Waals surface area contributed by atoms with Crippen LogP contribution in [0.15, 0.2) is 59.1 Å². The van der Waals surface area contributed by atoms with Crippen molar-refractivity contribution in [2.75, 3.05) is 18.5 Å². The zero-order valence-electron chi connectivity index (χ0n) is 14.7. The number of benzene rings is 2. The lowest BCUT2D eigenvalue weighted by Gasteiger charge is -2.38. The van der Waals surface area contributed by atoms with Gasteiger partial charge in [-0.05, 0) is 61.3 Å². The van der Waals surface area contributed by atoms with E-state index in [1.165, 1.54) is 4.70 Å².